The van der Waals surface area contributed by atoms with E-state index in [4.69, 9.17) is 0 Å². The van der Waals surface area contributed by atoms with Crippen molar-refractivity contribution in [1.29, 1.82) is 0 Å². The standard InChI is InChI=1S/C20H14F3N3O5S3/c21-20(22,23)31-14-7-9-15(10-8-14)33(27,28)25-16-5-3-11-24-19(16)26-34(29,30)18-12-13-4-1-2-6-17(13)32-18/h1-12,25H,(H,24,26). The summed E-state index contributed by atoms with van der Waals surface area (Å²) in [7, 11) is -8.39. The molecule has 0 aliphatic heterocycles. The predicted octanol–water partition coefficient (Wildman–Crippen LogP) is 4.80. The van der Waals surface area contributed by atoms with E-state index in [2.05, 4.69) is 19.2 Å². The molecule has 14 heteroatoms. The molecule has 0 saturated carbocycles. The maximum Gasteiger partial charge on any atom is 0.573 e. The average Bonchev–Trinajstić information content (AvgIpc) is 3.19. The van der Waals surface area contributed by atoms with Crippen LogP contribution in [-0.4, -0.2) is 28.2 Å². The minimum absolute atomic E-state index is 0.00779. The van der Waals surface area contributed by atoms with Crippen LogP contribution in [0.3, 0.4) is 0 Å². The Morgan fingerprint density at radius 3 is 2.24 bits per heavy atom. The summed E-state index contributed by atoms with van der Waals surface area (Å²) >= 11 is 1.04. The van der Waals surface area contributed by atoms with Crippen LogP contribution in [0.2, 0.25) is 0 Å². The lowest BCUT2D eigenvalue weighted by molar-refractivity contribution is -0.274. The normalized spacial score (nSPS) is 12.4. The SMILES string of the molecule is O=S(=O)(Nc1cccnc1NS(=O)(=O)c1cc2ccccc2s1)c1ccc(OC(F)(F)F)cc1. The monoisotopic (exact) mass is 529 g/mol. The Morgan fingerprint density at radius 2 is 1.56 bits per heavy atom. The second-order valence-electron chi connectivity index (χ2n) is 6.73. The number of hydrogen-bond acceptors (Lipinski definition) is 7. The first-order valence-corrected chi connectivity index (χ1v) is 13.1. The van der Waals surface area contributed by atoms with Crippen LogP contribution in [0.1, 0.15) is 0 Å². The second-order valence-corrected chi connectivity index (χ2v) is 11.4. The van der Waals surface area contributed by atoms with Crippen LogP contribution in [0, 0.1) is 0 Å². The van der Waals surface area contributed by atoms with E-state index in [0.29, 0.717) is 0 Å². The molecule has 8 nitrogen and oxygen atoms in total. The summed E-state index contributed by atoms with van der Waals surface area (Å²) in [5.74, 6) is -0.870. The third-order valence-electron chi connectivity index (χ3n) is 4.32. The summed E-state index contributed by atoms with van der Waals surface area (Å²) in [5.41, 5.74) is -0.178. The molecular weight excluding hydrogens is 515 g/mol. The van der Waals surface area contributed by atoms with E-state index in [1.807, 2.05) is 0 Å². The molecule has 4 rings (SSSR count). The number of ether oxygens (including phenoxy) is 1. The van der Waals surface area contributed by atoms with E-state index in [1.54, 1.807) is 24.3 Å². The highest BCUT2D eigenvalue weighted by atomic mass is 32.2. The van der Waals surface area contributed by atoms with Crippen LogP contribution in [0.25, 0.3) is 10.1 Å². The third-order valence-corrected chi connectivity index (χ3v) is 8.63. The van der Waals surface area contributed by atoms with Crippen molar-refractivity contribution in [2.24, 2.45) is 0 Å². The molecule has 178 valence electrons. The molecule has 2 aromatic heterocycles. The van der Waals surface area contributed by atoms with Gasteiger partial charge in [0.15, 0.2) is 5.82 Å². The van der Waals surface area contributed by atoms with Gasteiger partial charge in [-0.25, -0.2) is 21.8 Å². The van der Waals surface area contributed by atoms with Crippen LogP contribution < -0.4 is 14.2 Å². The summed E-state index contributed by atoms with van der Waals surface area (Å²) in [4.78, 5) is 3.55. The molecule has 0 radical (unpaired) electrons. The van der Waals surface area contributed by atoms with E-state index in [-0.39, 0.29) is 20.6 Å². The zero-order valence-electron chi connectivity index (χ0n) is 16.8. The minimum Gasteiger partial charge on any atom is -0.406 e. The molecule has 0 atom stereocenters. The van der Waals surface area contributed by atoms with Gasteiger partial charge in [-0.2, -0.15) is 0 Å². The molecule has 4 aromatic rings. The Kier molecular flexibility index (Phi) is 6.14. The van der Waals surface area contributed by atoms with Crippen LogP contribution in [-0.2, 0) is 20.0 Å². The van der Waals surface area contributed by atoms with Crippen LogP contribution in [0.5, 0.6) is 5.75 Å². The van der Waals surface area contributed by atoms with Crippen molar-refractivity contribution in [1.82, 2.24) is 4.98 Å². The van der Waals surface area contributed by atoms with Gasteiger partial charge in [-0.1, -0.05) is 18.2 Å². The molecule has 0 bridgehead atoms. The lowest BCUT2D eigenvalue weighted by Crippen LogP contribution is -2.18. The molecule has 0 saturated heterocycles. The van der Waals surface area contributed by atoms with Gasteiger partial charge < -0.3 is 4.74 Å². The van der Waals surface area contributed by atoms with Crippen molar-refractivity contribution < 1.29 is 34.7 Å². The number of hydrogen-bond donors (Lipinski definition) is 2. The average molecular weight is 530 g/mol. The van der Waals surface area contributed by atoms with Gasteiger partial charge in [-0.15, -0.1) is 24.5 Å². The topological polar surface area (TPSA) is 114 Å². The molecule has 2 aromatic carbocycles. The van der Waals surface area contributed by atoms with Gasteiger partial charge in [0.05, 0.1) is 10.6 Å². The zero-order chi connectivity index (χ0) is 24.6. The van der Waals surface area contributed by atoms with Gasteiger partial charge in [0.2, 0.25) is 0 Å². The maximum atomic E-state index is 12.9. The van der Waals surface area contributed by atoms with E-state index in [9.17, 15) is 30.0 Å². The first-order valence-electron chi connectivity index (χ1n) is 9.28. The van der Waals surface area contributed by atoms with Crippen molar-refractivity contribution in [3.63, 3.8) is 0 Å². The highest BCUT2D eigenvalue weighted by Gasteiger charge is 2.31. The predicted molar refractivity (Wildman–Crippen MR) is 121 cm³/mol. The Balaban J connectivity index is 1.58. The maximum absolute atomic E-state index is 12.9. The summed E-state index contributed by atoms with van der Waals surface area (Å²) < 4.78 is 97.1. The number of anilines is 2. The number of rotatable bonds is 7. The number of benzene rings is 2. The van der Waals surface area contributed by atoms with Crippen molar-refractivity contribution in [2.75, 3.05) is 9.44 Å². The molecular formula is C20H14F3N3O5S3. The first-order chi connectivity index (χ1) is 15.9. The van der Waals surface area contributed by atoms with Gasteiger partial charge in [-0.3, -0.25) is 9.44 Å². The molecule has 2 heterocycles. The fourth-order valence-electron chi connectivity index (χ4n) is 2.86. The molecule has 0 unspecified atom stereocenters. The third kappa shape index (κ3) is 5.40. The van der Waals surface area contributed by atoms with Crippen LogP contribution in [0.15, 0.2) is 82.0 Å². The van der Waals surface area contributed by atoms with Crippen molar-refractivity contribution in [3.05, 3.63) is 72.9 Å². The Bertz CT molecular complexity index is 1520. The number of halogens is 3. The number of nitrogens with zero attached hydrogens (tertiary/aromatic N) is 1. The number of fused-ring (bicyclic) bond motifs is 1. The van der Waals surface area contributed by atoms with Gasteiger partial charge >= 0.3 is 6.36 Å². The minimum atomic E-state index is -4.92. The number of pyridine rings is 1. The Hall–Kier alpha value is -3.36. The van der Waals surface area contributed by atoms with Crippen molar-refractivity contribution in [2.45, 2.75) is 15.5 Å². The van der Waals surface area contributed by atoms with Gasteiger partial charge in [-0.05, 0) is 53.9 Å². The lowest BCUT2D eigenvalue weighted by atomic mass is 10.3. The lowest BCUT2D eigenvalue weighted by Gasteiger charge is -2.13. The molecule has 0 aliphatic carbocycles. The summed E-state index contributed by atoms with van der Waals surface area (Å²) in [6.45, 7) is 0. The molecule has 0 fully saturated rings. The summed E-state index contributed by atoms with van der Waals surface area (Å²) in [6, 6.07) is 14.8. The van der Waals surface area contributed by atoms with E-state index < -0.39 is 32.2 Å². The number of thiophene rings is 1. The quantitative estimate of drug-likeness (QED) is 0.356. The van der Waals surface area contributed by atoms with Crippen molar-refractivity contribution >= 4 is 53.0 Å². The highest BCUT2D eigenvalue weighted by Crippen LogP contribution is 2.32. The van der Waals surface area contributed by atoms with Crippen LogP contribution in [0.4, 0.5) is 24.7 Å². The van der Waals surface area contributed by atoms with Gasteiger partial charge in [0.1, 0.15) is 9.96 Å². The van der Waals surface area contributed by atoms with Crippen LogP contribution >= 0.6 is 11.3 Å². The number of sulfonamides is 2. The summed E-state index contributed by atoms with van der Waals surface area (Å²) in [5, 5.41) is 0.729. The van der Waals surface area contributed by atoms with E-state index >= 15 is 0 Å². The molecule has 2 N–H and O–H groups in total. The molecule has 34 heavy (non-hydrogen) atoms. The smallest absolute Gasteiger partial charge is 0.406 e. The number of alkyl halides is 3. The second kappa shape index (κ2) is 8.77. The molecule has 0 spiro atoms. The summed E-state index contributed by atoms with van der Waals surface area (Å²) in [6.07, 6.45) is -3.65. The van der Waals surface area contributed by atoms with Gasteiger partial charge in [0.25, 0.3) is 20.0 Å². The molecule has 0 amide bonds. The largest absolute Gasteiger partial charge is 0.573 e. The Morgan fingerprint density at radius 1 is 0.853 bits per heavy atom. The fraction of sp³-hybridized carbons (Fsp3) is 0.0500. The first kappa shape index (κ1) is 23.8. The van der Waals surface area contributed by atoms with E-state index in [1.165, 1.54) is 24.4 Å². The highest BCUT2D eigenvalue weighted by molar-refractivity contribution is 7.95. The molecule has 0 aliphatic rings. The van der Waals surface area contributed by atoms with Crippen molar-refractivity contribution in [3.8, 4) is 5.75 Å². The van der Waals surface area contributed by atoms with E-state index in [0.717, 1.165) is 45.7 Å². The number of aromatic nitrogens is 1. The number of nitrogens with one attached hydrogen (secondary N) is 2. The van der Waals surface area contributed by atoms with Gasteiger partial charge in [0, 0.05) is 10.9 Å². The Labute approximate surface area is 196 Å². The zero-order valence-corrected chi connectivity index (χ0v) is 19.2. The fourth-order valence-corrected chi connectivity index (χ4v) is 6.35.